The summed E-state index contributed by atoms with van der Waals surface area (Å²) in [5.41, 5.74) is 0.711. The second-order valence-corrected chi connectivity index (χ2v) is 6.10. The number of ether oxygens (including phenoxy) is 1. The molecule has 1 amide bonds. The van der Waals surface area contributed by atoms with Gasteiger partial charge in [0.25, 0.3) is 0 Å². The number of amides is 1. The van der Waals surface area contributed by atoms with Crippen LogP contribution < -0.4 is 5.32 Å². The normalized spacial score (nSPS) is 18.7. The molecule has 1 fully saturated rings. The lowest BCUT2D eigenvalue weighted by Gasteiger charge is -2.28. The zero-order valence-corrected chi connectivity index (χ0v) is 13.6. The van der Waals surface area contributed by atoms with E-state index < -0.39 is 35.6 Å². The predicted molar refractivity (Wildman–Crippen MR) is 80.9 cm³/mol. The van der Waals surface area contributed by atoms with E-state index in [0.29, 0.717) is 11.1 Å². The summed E-state index contributed by atoms with van der Waals surface area (Å²) in [6.45, 7) is 1.54. The van der Waals surface area contributed by atoms with Crippen molar-refractivity contribution in [3.05, 3.63) is 35.1 Å². The van der Waals surface area contributed by atoms with Crippen molar-refractivity contribution in [1.29, 1.82) is 0 Å². The fraction of sp³-hybridized carbons (Fsp3) is 0.529. The van der Waals surface area contributed by atoms with Crippen LogP contribution >= 0.6 is 0 Å². The minimum atomic E-state index is -2.73. The summed E-state index contributed by atoms with van der Waals surface area (Å²) < 4.78 is 44.5. The number of methoxy groups -OCH3 is 1. The standard InChI is InChI=1S/C17H20F3NO3/c1-10-9-12(3-4-13(10)18)14(16(23)24-2)21-15(22)11-5-7-17(19,20)8-6-11/h3-4,9,11,14H,5-8H2,1-2H3,(H,21,22)/t14-/m0/s1. The number of benzene rings is 1. The van der Waals surface area contributed by atoms with Crippen LogP contribution in [0, 0.1) is 18.7 Å². The minimum Gasteiger partial charge on any atom is -0.467 e. The Hall–Kier alpha value is -2.05. The van der Waals surface area contributed by atoms with Crippen LogP contribution in [0.25, 0.3) is 0 Å². The predicted octanol–water partition coefficient (Wildman–Crippen LogP) is 3.29. The number of esters is 1. The molecule has 0 heterocycles. The van der Waals surface area contributed by atoms with Crippen LogP contribution in [0.2, 0.25) is 0 Å². The maximum Gasteiger partial charge on any atom is 0.333 e. The van der Waals surface area contributed by atoms with Gasteiger partial charge in [0.1, 0.15) is 5.82 Å². The summed E-state index contributed by atoms with van der Waals surface area (Å²) in [5.74, 6) is -4.90. The van der Waals surface area contributed by atoms with Crippen LogP contribution in [0.1, 0.15) is 42.9 Å². The summed E-state index contributed by atoms with van der Waals surface area (Å²) in [7, 11) is 1.18. The van der Waals surface area contributed by atoms with Gasteiger partial charge in [-0.25, -0.2) is 18.0 Å². The summed E-state index contributed by atoms with van der Waals surface area (Å²) >= 11 is 0. The molecule has 132 valence electrons. The van der Waals surface area contributed by atoms with E-state index in [1.165, 1.54) is 32.2 Å². The van der Waals surface area contributed by atoms with Gasteiger partial charge in [0.2, 0.25) is 11.8 Å². The molecule has 1 saturated carbocycles. The number of halogens is 3. The molecule has 0 aromatic heterocycles. The van der Waals surface area contributed by atoms with Gasteiger partial charge in [-0.3, -0.25) is 4.79 Å². The number of hydrogen-bond donors (Lipinski definition) is 1. The average molecular weight is 343 g/mol. The highest BCUT2D eigenvalue weighted by Gasteiger charge is 2.38. The monoisotopic (exact) mass is 343 g/mol. The number of rotatable bonds is 4. The SMILES string of the molecule is COC(=O)[C@@H](NC(=O)C1CCC(F)(F)CC1)c1ccc(F)c(C)c1. The molecular formula is C17H20F3NO3. The van der Waals surface area contributed by atoms with Crippen molar-refractivity contribution in [3.8, 4) is 0 Å². The van der Waals surface area contributed by atoms with E-state index in [1.54, 1.807) is 0 Å². The first-order chi connectivity index (χ1) is 11.2. The van der Waals surface area contributed by atoms with Crippen LogP contribution in [0.4, 0.5) is 13.2 Å². The molecule has 1 atom stereocenters. The summed E-state index contributed by atoms with van der Waals surface area (Å²) in [4.78, 5) is 24.3. The Balaban J connectivity index is 2.13. The first kappa shape index (κ1) is 18.3. The van der Waals surface area contributed by atoms with Gasteiger partial charge in [0.15, 0.2) is 6.04 Å². The van der Waals surface area contributed by atoms with Crippen molar-refractivity contribution in [2.75, 3.05) is 7.11 Å². The molecule has 0 unspecified atom stereocenters. The number of hydrogen-bond acceptors (Lipinski definition) is 3. The molecular weight excluding hydrogens is 323 g/mol. The number of carbonyl (C=O) groups excluding carboxylic acids is 2. The molecule has 1 aromatic rings. The molecule has 0 radical (unpaired) electrons. The summed E-state index contributed by atoms with van der Waals surface area (Å²) in [6.07, 6.45) is -0.558. The van der Waals surface area contributed by atoms with E-state index in [-0.39, 0.29) is 25.7 Å². The largest absolute Gasteiger partial charge is 0.467 e. The van der Waals surface area contributed by atoms with Gasteiger partial charge >= 0.3 is 5.97 Å². The molecule has 1 aliphatic carbocycles. The fourth-order valence-electron chi connectivity index (χ4n) is 2.81. The van der Waals surface area contributed by atoms with E-state index in [0.717, 1.165) is 0 Å². The third-order valence-electron chi connectivity index (χ3n) is 4.33. The van der Waals surface area contributed by atoms with Crippen LogP contribution in [0.15, 0.2) is 18.2 Å². The maximum absolute atomic E-state index is 13.4. The first-order valence-corrected chi connectivity index (χ1v) is 7.75. The van der Waals surface area contributed by atoms with Gasteiger partial charge in [0.05, 0.1) is 7.11 Å². The van der Waals surface area contributed by atoms with Crippen molar-refractivity contribution in [1.82, 2.24) is 5.32 Å². The topological polar surface area (TPSA) is 55.4 Å². The van der Waals surface area contributed by atoms with Gasteiger partial charge in [-0.15, -0.1) is 0 Å². The molecule has 0 bridgehead atoms. The molecule has 4 nitrogen and oxygen atoms in total. The zero-order valence-electron chi connectivity index (χ0n) is 13.6. The third kappa shape index (κ3) is 4.27. The third-order valence-corrected chi connectivity index (χ3v) is 4.33. The minimum absolute atomic E-state index is 0.0647. The van der Waals surface area contributed by atoms with Crippen LogP contribution in [-0.4, -0.2) is 24.9 Å². The number of alkyl halides is 2. The van der Waals surface area contributed by atoms with Crippen LogP contribution in [-0.2, 0) is 14.3 Å². The lowest BCUT2D eigenvalue weighted by atomic mass is 9.86. The molecule has 24 heavy (non-hydrogen) atoms. The van der Waals surface area contributed by atoms with Gasteiger partial charge in [-0.05, 0) is 37.0 Å². The average Bonchev–Trinajstić information content (AvgIpc) is 2.54. The van der Waals surface area contributed by atoms with Crippen LogP contribution in [0.3, 0.4) is 0 Å². The molecule has 0 aliphatic heterocycles. The van der Waals surface area contributed by atoms with Crippen molar-refractivity contribution in [2.24, 2.45) is 5.92 Å². The zero-order chi connectivity index (χ0) is 17.9. The highest BCUT2D eigenvalue weighted by molar-refractivity contribution is 5.86. The van der Waals surface area contributed by atoms with E-state index in [4.69, 9.17) is 4.74 Å². The molecule has 1 N–H and O–H groups in total. The van der Waals surface area contributed by atoms with E-state index in [1.807, 2.05) is 0 Å². The summed E-state index contributed by atoms with van der Waals surface area (Å²) in [5, 5.41) is 2.55. The molecule has 2 rings (SSSR count). The van der Waals surface area contributed by atoms with Crippen molar-refractivity contribution >= 4 is 11.9 Å². The van der Waals surface area contributed by atoms with Crippen molar-refractivity contribution in [2.45, 2.75) is 44.6 Å². The molecule has 0 spiro atoms. The second-order valence-electron chi connectivity index (χ2n) is 6.10. The quantitative estimate of drug-likeness (QED) is 0.854. The molecule has 1 aromatic carbocycles. The number of carbonyl (C=O) groups is 2. The summed E-state index contributed by atoms with van der Waals surface area (Å²) in [6, 6.07) is 2.95. The Morgan fingerprint density at radius 2 is 1.92 bits per heavy atom. The van der Waals surface area contributed by atoms with Gasteiger partial charge < -0.3 is 10.1 Å². The number of aryl methyl sites for hydroxylation is 1. The molecule has 1 aliphatic rings. The fourth-order valence-corrected chi connectivity index (χ4v) is 2.81. The molecule has 7 heteroatoms. The highest BCUT2D eigenvalue weighted by atomic mass is 19.3. The lowest BCUT2D eigenvalue weighted by molar-refractivity contribution is -0.146. The highest BCUT2D eigenvalue weighted by Crippen LogP contribution is 2.36. The van der Waals surface area contributed by atoms with Gasteiger partial charge in [0, 0.05) is 18.8 Å². The lowest BCUT2D eigenvalue weighted by Crippen LogP contribution is -2.40. The number of nitrogens with one attached hydrogen (secondary N) is 1. The van der Waals surface area contributed by atoms with Crippen LogP contribution in [0.5, 0.6) is 0 Å². The van der Waals surface area contributed by atoms with E-state index in [2.05, 4.69) is 5.32 Å². The van der Waals surface area contributed by atoms with Gasteiger partial charge in [-0.2, -0.15) is 0 Å². The van der Waals surface area contributed by atoms with Gasteiger partial charge in [-0.1, -0.05) is 12.1 Å². The molecule has 0 saturated heterocycles. The maximum atomic E-state index is 13.4. The Labute approximate surface area is 138 Å². The smallest absolute Gasteiger partial charge is 0.333 e. The second kappa shape index (κ2) is 7.23. The Kier molecular flexibility index (Phi) is 5.51. The Morgan fingerprint density at radius 3 is 2.46 bits per heavy atom. The van der Waals surface area contributed by atoms with Crippen molar-refractivity contribution < 1.29 is 27.5 Å². The Morgan fingerprint density at radius 1 is 1.29 bits per heavy atom. The van der Waals surface area contributed by atoms with Crippen molar-refractivity contribution in [3.63, 3.8) is 0 Å². The van der Waals surface area contributed by atoms with E-state index in [9.17, 15) is 22.8 Å². The first-order valence-electron chi connectivity index (χ1n) is 7.75. The Bertz CT molecular complexity index is 624. The van der Waals surface area contributed by atoms with E-state index >= 15 is 0 Å².